The SMILES string of the molecule is CCNC(=O)[C@H]1O[C@@H](n2cnc3c(NCC(c4ccccc4)c4ccccc4)nc(C#CCC4CCN(C(=O)OC)CC4)nc32)[C@@H](O)C1O. The molecule has 2 aromatic carbocycles. The Morgan fingerprint density at radius 3 is 2.33 bits per heavy atom. The van der Waals surface area contributed by atoms with E-state index in [2.05, 4.69) is 51.7 Å². The molecule has 2 aliphatic rings. The van der Waals surface area contributed by atoms with E-state index >= 15 is 0 Å². The average molecular weight is 668 g/mol. The molecule has 0 aliphatic carbocycles. The first-order valence-corrected chi connectivity index (χ1v) is 16.6. The summed E-state index contributed by atoms with van der Waals surface area (Å²) in [6.45, 7) is 3.83. The maximum absolute atomic E-state index is 12.6. The molecule has 49 heavy (non-hydrogen) atoms. The molecule has 0 radical (unpaired) electrons. The zero-order valence-corrected chi connectivity index (χ0v) is 27.5. The van der Waals surface area contributed by atoms with Gasteiger partial charge in [0.25, 0.3) is 5.91 Å². The molecule has 13 heteroatoms. The minimum Gasteiger partial charge on any atom is -0.453 e. The van der Waals surface area contributed by atoms with E-state index in [4.69, 9.17) is 19.4 Å². The smallest absolute Gasteiger partial charge is 0.409 e. The number of aliphatic hydroxyl groups is 2. The van der Waals surface area contributed by atoms with Gasteiger partial charge in [-0.05, 0) is 42.7 Å². The number of carbonyl (C=O) groups excluding carboxylic acids is 2. The molecule has 2 fully saturated rings. The van der Waals surface area contributed by atoms with Gasteiger partial charge >= 0.3 is 6.09 Å². The molecule has 256 valence electrons. The second-order valence-electron chi connectivity index (χ2n) is 12.2. The van der Waals surface area contributed by atoms with Gasteiger partial charge in [-0.3, -0.25) is 9.36 Å². The van der Waals surface area contributed by atoms with Gasteiger partial charge < -0.3 is 35.2 Å². The lowest BCUT2D eigenvalue weighted by molar-refractivity contribution is -0.137. The topological polar surface area (TPSA) is 164 Å². The van der Waals surface area contributed by atoms with Crippen LogP contribution in [0.25, 0.3) is 11.2 Å². The fourth-order valence-electron chi connectivity index (χ4n) is 6.38. The molecular weight excluding hydrogens is 626 g/mol. The molecule has 4 aromatic rings. The Kier molecular flexibility index (Phi) is 10.7. The maximum atomic E-state index is 12.6. The third-order valence-electron chi connectivity index (χ3n) is 9.06. The molecule has 4 atom stereocenters. The number of benzene rings is 2. The quantitative estimate of drug-likeness (QED) is 0.195. The largest absolute Gasteiger partial charge is 0.453 e. The number of ether oxygens (including phenoxy) is 2. The number of hydrogen-bond acceptors (Lipinski definition) is 10. The number of imidazole rings is 1. The zero-order valence-electron chi connectivity index (χ0n) is 27.5. The molecule has 2 aromatic heterocycles. The summed E-state index contributed by atoms with van der Waals surface area (Å²) < 4.78 is 12.3. The van der Waals surface area contributed by atoms with Crippen molar-refractivity contribution in [2.45, 2.75) is 56.6 Å². The summed E-state index contributed by atoms with van der Waals surface area (Å²) in [5.74, 6) is 6.83. The molecular formula is C36H41N7O6. The monoisotopic (exact) mass is 667 g/mol. The molecule has 1 unspecified atom stereocenters. The Balaban J connectivity index is 1.30. The number of likely N-dealkylation sites (N-methyl/N-ethyl adjacent to an activating group) is 1. The number of amides is 2. The highest BCUT2D eigenvalue weighted by molar-refractivity contribution is 5.84. The van der Waals surface area contributed by atoms with Crippen LogP contribution in [0, 0.1) is 17.8 Å². The minimum atomic E-state index is -1.45. The summed E-state index contributed by atoms with van der Waals surface area (Å²) in [6, 6.07) is 20.4. The van der Waals surface area contributed by atoms with Crippen molar-refractivity contribution in [3.05, 3.63) is 83.9 Å². The van der Waals surface area contributed by atoms with E-state index in [0.29, 0.717) is 55.5 Å². The Hall–Kier alpha value is -5.03. The van der Waals surface area contributed by atoms with E-state index in [9.17, 15) is 19.8 Å². The van der Waals surface area contributed by atoms with Gasteiger partial charge in [-0.1, -0.05) is 66.6 Å². The summed E-state index contributed by atoms with van der Waals surface area (Å²) >= 11 is 0. The van der Waals surface area contributed by atoms with Gasteiger partial charge in [0.05, 0.1) is 13.4 Å². The van der Waals surface area contributed by atoms with Crippen LogP contribution < -0.4 is 10.6 Å². The van der Waals surface area contributed by atoms with Crippen LogP contribution in [-0.2, 0) is 14.3 Å². The number of hydrogen-bond donors (Lipinski definition) is 4. The molecule has 2 aliphatic heterocycles. The van der Waals surface area contributed by atoms with Crippen molar-refractivity contribution in [3.63, 3.8) is 0 Å². The highest BCUT2D eigenvalue weighted by Gasteiger charge is 2.47. The van der Waals surface area contributed by atoms with Crippen LogP contribution in [0.15, 0.2) is 67.0 Å². The van der Waals surface area contributed by atoms with E-state index in [0.717, 1.165) is 24.0 Å². The molecule has 0 spiro atoms. The van der Waals surface area contributed by atoms with Gasteiger partial charge in [-0.15, -0.1) is 0 Å². The fraction of sp³-hybridized carbons (Fsp3) is 0.417. The minimum absolute atomic E-state index is 0.00661. The highest BCUT2D eigenvalue weighted by Crippen LogP contribution is 2.33. The molecule has 2 amide bonds. The van der Waals surface area contributed by atoms with Crippen molar-refractivity contribution in [2.24, 2.45) is 5.92 Å². The lowest BCUT2D eigenvalue weighted by Gasteiger charge is -2.29. The van der Waals surface area contributed by atoms with Crippen molar-refractivity contribution >= 4 is 29.0 Å². The standard InChI is InChI=1S/C36H41N7O6/c1-3-37-34(46)31-29(44)30(45)35(49-31)43-22-39-28-32(38-21-26(24-12-6-4-7-13-24)25-14-8-5-9-15-25)40-27(41-33(28)43)16-10-11-23-17-19-42(20-18-23)36(47)48-2/h4-9,12-15,22-23,26,29-31,35,44-45H,3,11,17-21H2,1-2H3,(H,37,46)(H,38,40,41)/t29?,30-,31-,35+/m0/s1. The summed E-state index contributed by atoms with van der Waals surface area (Å²) in [5, 5.41) is 27.8. The number of likely N-dealkylation sites (tertiary alicyclic amines) is 1. The summed E-state index contributed by atoms with van der Waals surface area (Å²) in [6.07, 6.45) is -1.87. The number of piperidine rings is 1. The van der Waals surface area contributed by atoms with Crippen LogP contribution in [-0.4, -0.2) is 98.2 Å². The van der Waals surface area contributed by atoms with Crippen molar-refractivity contribution in [2.75, 3.05) is 38.6 Å². The number of anilines is 1. The lowest BCUT2D eigenvalue weighted by Crippen LogP contribution is -2.42. The molecule has 4 heterocycles. The number of nitrogens with zero attached hydrogens (tertiary/aromatic N) is 5. The molecule has 0 saturated carbocycles. The Labute approximate surface area is 284 Å². The van der Waals surface area contributed by atoms with Gasteiger partial charge in [-0.2, -0.15) is 0 Å². The van der Waals surface area contributed by atoms with Gasteiger partial charge in [0.2, 0.25) is 5.82 Å². The first-order chi connectivity index (χ1) is 23.9. The Morgan fingerprint density at radius 1 is 1.02 bits per heavy atom. The first kappa shape index (κ1) is 33.9. The normalized spacial score (nSPS) is 21.0. The summed E-state index contributed by atoms with van der Waals surface area (Å²) in [7, 11) is 1.39. The summed E-state index contributed by atoms with van der Waals surface area (Å²) in [5.41, 5.74) is 3.01. The zero-order chi connectivity index (χ0) is 34.3. The van der Waals surface area contributed by atoms with E-state index in [1.165, 1.54) is 18.0 Å². The van der Waals surface area contributed by atoms with Crippen molar-refractivity contribution in [3.8, 4) is 11.8 Å². The molecule has 6 rings (SSSR count). The number of aromatic nitrogens is 4. The second-order valence-corrected chi connectivity index (χ2v) is 12.2. The van der Waals surface area contributed by atoms with Gasteiger partial charge in [0.15, 0.2) is 29.3 Å². The second kappa shape index (κ2) is 15.5. The van der Waals surface area contributed by atoms with Crippen LogP contribution in [0.3, 0.4) is 0 Å². The number of aliphatic hydroxyl groups excluding tert-OH is 2. The fourth-order valence-corrected chi connectivity index (χ4v) is 6.38. The van der Waals surface area contributed by atoms with Crippen molar-refractivity contribution in [1.29, 1.82) is 0 Å². The first-order valence-electron chi connectivity index (χ1n) is 16.6. The molecule has 0 bridgehead atoms. The van der Waals surface area contributed by atoms with Gasteiger partial charge in [0, 0.05) is 38.5 Å². The summed E-state index contributed by atoms with van der Waals surface area (Å²) in [4.78, 5) is 40.2. The Bertz CT molecular complexity index is 1760. The number of rotatable bonds is 9. The average Bonchev–Trinajstić information content (AvgIpc) is 3.69. The lowest BCUT2D eigenvalue weighted by atomic mass is 9.91. The van der Waals surface area contributed by atoms with Crippen molar-refractivity contribution < 1.29 is 29.3 Å². The number of fused-ring (bicyclic) bond motifs is 1. The van der Waals surface area contributed by atoms with E-state index in [1.807, 2.05) is 36.4 Å². The maximum Gasteiger partial charge on any atom is 0.409 e. The predicted molar refractivity (Wildman–Crippen MR) is 181 cm³/mol. The third-order valence-corrected chi connectivity index (χ3v) is 9.06. The van der Waals surface area contributed by atoms with Crippen LogP contribution in [0.5, 0.6) is 0 Å². The molecule has 2 saturated heterocycles. The van der Waals surface area contributed by atoms with Gasteiger partial charge in [0.1, 0.15) is 12.2 Å². The third kappa shape index (κ3) is 7.51. The van der Waals surface area contributed by atoms with E-state index < -0.39 is 30.4 Å². The Morgan fingerprint density at radius 2 is 1.69 bits per heavy atom. The van der Waals surface area contributed by atoms with Crippen LogP contribution >= 0.6 is 0 Å². The van der Waals surface area contributed by atoms with Crippen LogP contribution in [0.1, 0.15) is 55.3 Å². The van der Waals surface area contributed by atoms with E-state index in [1.54, 1.807) is 11.8 Å². The van der Waals surface area contributed by atoms with Gasteiger partial charge in [-0.25, -0.2) is 19.7 Å². The highest BCUT2D eigenvalue weighted by atomic mass is 16.6. The number of carbonyl (C=O) groups is 2. The number of methoxy groups -OCH3 is 1. The molecule has 13 nitrogen and oxygen atoms in total. The predicted octanol–water partition coefficient (Wildman–Crippen LogP) is 3.05. The van der Waals surface area contributed by atoms with Crippen LogP contribution in [0.2, 0.25) is 0 Å². The molecule has 4 N–H and O–H groups in total. The van der Waals surface area contributed by atoms with Crippen LogP contribution in [0.4, 0.5) is 10.6 Å². The van der Waals surface area contributed by atoms with Crippen molar-refractivity contribution in [1.82, 2.24) is 29.7 Å². The number of nitrogens with one attached hydrogen (secondary N) is 2. The van der Waals surface area contributed by atoms with E-state index in [-0.39, 0.29) is 17.8 Å².